The lowest BCUT2D eigenvalue weighted by Gasteiger charge is -2.33. The Morgan fingerprint density at radius 1 is 1.42 bits per heavy atom. The van der Waals surface area contributed by atoms with E-state index in [1.165, 1.54) is 11.3 Å². The maximum Gasteiger partial charge on any atom is 0.270 e. The Labute approximate surface area is 152 Å². The number of hydrogen-bond acceptors (Lipinski definition) is 7. The van der Waals surface area contributed by atoms with Crippen molar-refractivity contribution in [3.63, 3.8) is 0 Å². The smallest absolute Gasteiger partial charge is 0.270 e. The Morgan fingerprint density at radius 2 is 2.23 bits per heavy atom. The third-order valence-electron chi connectivity index (χ3n) is 4.12. The van der Waals surface area contributed by atoms with Crippen molar-refractivity contribution in [3.8, 4) is 0 Å². The number of nitrogens with one attached hydrogen (secondary N) is 1. The van der Waals surface area contributed by atoms with E-state index in [9.17, 15) is 9.18 Å². The van der Waals surface area contributed by atoms with E-state index < -0.39 is 5.82 Å². The van der Waals surface area contributed by atoms with Crippen LogP contribution in [0.4, 0.5) is 10.3 Å². The molecule has 0 aromatic carbocycles. The number of aromatic nitrogens is 5. The molecule has 1 N–H and O–H groups in total. The molecule has 0 fully saturated rings. The molecule has 10 heteroatoms. The number of carbonyl (C=O) groups excluding carboxylic acids is 1. The second-order valence-electron chi connectivity index (χ2n) is 5.96. The topological polar surface area (TPSA) is 88.8 Å². The van der Waals surface area contributed by atoms with Crippen LogP contribution in [-0.2, 0) is 6.54 Å². The van der Waals surface area contributed by atoms with Gasteiger partial charge in [0.25, 0.3) is 5.91 Å². The van der Waals surface area contributed by atoms with Gasteiger partial charge in [0.1, 0.15) is 5.69 Å². The van der Waals surface area contributed by atoms with Crippen molar-refractivity contribution in [1.29, 1.82) is 0 Å². The van der Waals surface area contributed by atoms with Gasteiger partial charge in [-0.3, -0.25) is 9.48 Å². The van der Waals surface area contributed by atoms with E-state index in [-0.39, 0.29) is 11.9 Å². The second-order valence-corrected chi connectivity index (χ2v) is 7.03. The van der Waals surface area contributed by atoms with Crippen LogP contribution >= 0.6 is 11.3 Å². The van der Waals surface area contributed by atoms with Crippen molar-refractivity contribution in [2.45, 2.75) is 19.5 Å². The van der Waals surface area contributed by atoms with Crippen LogP contribution in [0.5, 0.6) is 0 Å². The Kier molecular flexibility index (Phi) is 4.33. The summed E-state index contributed by atoms with van der Waals surface area (Å²) < 4.78 is 15.0. The van der Waals surface area contributed by atoms with Crippen LogP contribution < -0.4 is 10.2 Å². The number of aryl methyl sites for hydroxylation is 1. The van der Waals surface area contributed by atoms with E-state index in [2.05, 4.69) is 25.4 Å². The van der Waals surface area contributed by atoms with Gasteiger partial charge < -0.3 is 10.2 Å². The van der Waals surface area contributed by atoms with Gasteiger partial charge in [-0.1, -0.05) is 0 Å². The summed E-state index contributed by atoms with van der Waals surface area (Å²) in [6.45, 7) is 3.37. The first kappa shape index (κ1) is 16.6. The summed E-state index contributed by atoms with van der Waals surface area (Å²) in [4.78, 5) is 26.5. The number of rotatable bonds is 4. The molecule has 26 heavy (non-hydrogen) atoms. The molecule has 1 amide bonds. The minimum atomic E-state index is -0.474. The summed E-state index contributed by atoms with van der Waals surface area (Å²) in [5.74, 6) is -0.235. The highest BCUT2D eigenvalue weighted by molar-refractivity contribution is 7.09. The van der Waals surface area contributed by atoms with Crippen molar-refractivity contribution in [1.82, 2.24) is 30.0 Å². The minimum Gasteiger partial charge on any atom is -0.348 e. The number of anilines is 1. The van der Waals surface area contributed by atoms with Crippen molar-refractivity contribution in [2.75, 3.05) is 18.0 Å². The van der Waals surface area contributed by atoms with E-state index in [1.807, 2.05) is 22.6 Å². The summed E-state index contributed by atoms with van der Waals surface area (Å²) in [5, 5.41) is 9.86. The van der Waals surface area contributed by atoms with Crippen LogP contribution in [0.1, 0.15) is 27.2 Å². The Balaban J connectivity index is 1.49. The number of amides is 1. The Hall–Kier alpha value is -2.88. The van der Waals surface area contributed by atoms with Crippen LogP contribution in [0.15, 0.2) is 30.0 Å². The summed E-state index contributed by atoms with van der Waals surface area (Å²) >= 11 is 1.44. The van der Waals surface area contributed by atoms with Gasteiger partial charge in [0.05, 0.1) is 35.7 Å². The highest BCUT2D eigenvalue weighted by atomic mass is 32.1. The zero-order valence-electron chi connectivity index (χ0n) is 14.0. The third-order valence-corrected chi connectivity index (χ3v) is 4.90. The van der Waals surface area contributed by atoms with E-state index >= 15 is 0 Å². The SMILES string of the molecule is Cc1nc(C(=O)NCC2CN(c3ncc(F)cn3)Cc3ccnn32)cs1. The largest absolute Gasteiger partial charge is 0.348 e. The van der Waals surface area contributed by atoms with Crippen LogP contribution in [0.2, 0.25) is 0 Å². The van der Waals surface area contributed by atoms with Crippen LogP contribution in [0.3, 0.4) is 0 Å². The fourth-order valence-electron chi connectivity index (χ4n) is 2.93. The lowest BCUT2D eigenvalue weighted by atomic mass is 10.2. The number of fused-ring (bicyclic) bond motifs is 1. The summed E-state index contributed by atoms with van der Waals surface area (Å²) in [7, 11) is 0. The van der Waals surface area contributed by atoms with Gasteiger partial charge in [0.2, 0.25) is 5.95 Å². The van der Waals surface area contributed by atoms with Gasteiger partial charge in [0.15, 0.2) is 5.82 Å². The average molecular weight is 373 g/mol. The minimum absolute atomic E-state index is 0.0916. The molecule has 1 unspecified atom stereocenters. The lowest BCUT2D eigenvalue weighted by Crippen LogP contribution is -2.43. The fraction of sp³-hybridized carbons (Fsp3) is 0.312. The van der Waals surface area contributed by atoms with Crippen molar-refractivity contribution in [3.05, 3.63) is 52.2 Å². The Bertz CT molecular complexity index is 923. The normalized spacial score (nSPS) is 16.4. The van der Waals surface area contributed by atoms with Gasteiger partial charge in [-0.05, 0) is 13.0 Å². The first-order valence-corrected chi connectivity index (χ1v) is 8.93. The van der Waals surface area contributed by atoms with Gasteiger partial charge in [-0.15, -0.1) is 11.3 Å². The van der Waals surface area contributed by atoms with Gasteiger partial charge in [0, 0.05) is 24.7 Å². The van der Waals surface area contributed by atoms with E-state index in [1.54, 1.807) is 11.6 Å². The predicted octanol–water partition coefficient (Wildman–Crippen LogP) is 1.57. The van der Waals surface area contributed by atoms with E-state index in [0.717, 1.165) is 23.1 Å². The molecule has 0 bridgehead atoms. The molecule has 134 valence electrons. The molecular weight excluding hydrogens is 357 g/mol. The standard InChI is InChI=1S/C16H16FN7OS/c1-10-22-14(9-26-10)15(25)18-6-13-8-23(7-12-2-3-21-24(12)13)16-19-4-11(17)5-20-16/h2-5,9,13H,6-8H2,1H3,(H,18,25). The average Bonchev–Trinajstić information content (AvgIpc) is 3.28. The molecule has 1 aliphatic rings. The molecule has 8 nitrogen and oxygen atoms in total. The lowest BCUT2D eigenvalue weighted by molar-refractivity contribution is 0.0941. The molecule has 4 heterocycles. The van der Waals surface area contributed by atoms with Crippen LogP contribution in [0.25, 0.3) is 0 Å². The number of hydrogen-bond donors (Lipinski definition) is 1. The Morgan fingerprint density at radius 3 is 2.96 bits per heavy atom. The maximum absolute atomic E-state index is 13.1. The van der Waals surface area contributed by atoms with Crippen molar-refractivity contribution >= 4 is 23.2 Å². The molecular formula is C16H16FN7OS. The number of thiazole rings is 1. The van der Waals surface area contributed by atoms with Gasteiger partial charge in [-0.2, -0.15) is 5.10 Å². The van der Waals surface area contributed by atoms with E-state index in [0.29, 0.717) is 31.3 Å². The fourth-order valence-corrected chi connectivity index (χ4v) is 3.52. The third kappa shape index (κ3) is 3.27. The number of carbonyl (C=O) groups is 1. The first-order chi connectivity index (χ1) is 12.6. The number of nitrogens with zero attached hydrogens (tertiary/aromatic N) is 6. The van der Waals surface area contributed by atoms with Crippen LogP contribution in [0, 0.1) is 12.7 Å². The monoisotopic (exact) mass is 373 g/mol. The maximum atomic E-state index is 13.1. The molecule has 0 radical (unpaired) electrons. The summed E-state index contributed by atoms with van der Waals surface area (Å²) in [6.07, 6.45) is 4.02. The summed E-state index contributed by atoms with van der Waals surface area (Å²) in [5.41, 5.74) is 1.40. The molecule has 1 atom stereocenters. The molecule has 0 saturated heterocycles. The van der Waals surface area contributed by atoms with E-state index in [4.69, 9.17) is 0 Å². The van der Waals surface area contributed by atoms with Crippen LogP contribution in [-0.4, -0.2) is 43.7 Å². The molecule has 3 aromatic rings. The first-order valence-electron chi connectivity index (χ1n) is 8.05. The number of halogens is 1. The van der Waals surface area contributed by atoms with Gasteiger partial charge >= 0.3 is 0 Å². The molecule has 1 aliphatic heterocycles. The summed E-state index contributed by atoms with van der Waals surface area (Å²) in [6, 6.07) is 1.82. The molecule has 0 spiro atoms. The zero-order chi connectivity index (χ0) is 18.1. The molecule has 0 saturated carbocycles. The zero-order valence-corrected chi connectivity index (χ0v) is 14.8. The molecule has 0 aliphatic carbocycles. The highest BCUT2D eigenvalue weighted by Gasteiger charge is 2.27. The second kappa shape index (κ2) is 6.79. The quantitative estimate of drug-likeness (QED) is 0.747. The predicted molar refractivity (Wildman–Crippen MR) is 93.5 cm³/mol. The van der Waals surface area contributed by atoms with Gasteiger partial charge in [-0.25, -0.2) is 19.3 Å². The molecule has 4 rings (SSSR count). The van der Waals surface area contributed by atoms with Crippen molar-refractivity contribution < 1.29 is 9.18 Å². The molecule has 3 aromatic heterocycles. The van der Waals surface area contributed by atoms with Crippen molar-refractivity contribution in [2.24, 2.45) is 0 Å². The highest BCUT2D eigenvalue weighted by Crippen LogP contribution is 2.23.